The van der Waals surface area contributed by atoms with Gasteiger partial charge in [0.25, 0.3) is 5.69 Å². The minimum absolute atomic E-state index is 0.110. The summed E-state index contributed by atoms with van der Waals surface area (Å²) in [6.07, 6.45) is 0.503. The van der Waals surface area contributed by atoms with Crippen molar-refractivity contribution < 1.29 is 18.1 Å². The highest BCUT2D eigenvalue weighted by Crippen LogP contribution is 2.42. The van der Waals surface area contributed by atoms with Gasteiger partial charge in [-0.2, -0.15) is 0 Å². The molecular formula is C16H18BrNO5S. The quantitative estimate of drug-likeness (QED) is 0.426. The van der Waals surface area contributed by atoms with Gasteiger partial charge in [0, 0.05) is 12.1 Å². The van der Waals surface area contributed by atoms with Crippen LogP contribution < -0.4 is 0 Å². The predicted molar refractivity (Wildman–Crippen MR) is 94.0 cm³/mol. The van der Waals surface area contributed by atoms with E-state index in [0.717, 1.165) is 6.07 Å². The zero-order valence-corrected chi connectivity index (χ0v) is 16.0. The Morgan fingerprint density at radius 1 is 1.38 bits per heavy atom. The molecule has 8 heteroatoms. The summed E-state index contributed by atoms with van der Waals surface area (Å²) in [5.74, 6) is -0.433. The Morgan fingerprint density at radius 2 is 2.00 bits per heavy atom. The second-order valence-corrected chi connectivity index (χ2v) is 9.63. The molecule has 0 saturated carbocycles. The number of sulfone groups is 1. The molecule has 2 rings (SSSR count). The number of Topliss-reactive ketones (excluding diaryl/α,β-unsaturated/α-hetero) is 1. The van der Waals surface area contributed by atoms with E-state index in [2.05, 4.69) is 15.9 Å². The van der Waals surface area contributed by atoms with E-state index in [4.69, 9.17) is 0 Å². The average molecular weight is 416 g/mol. The van der Waals surface area contributed by atoms with Crippen LogP contribution in [0.15, 0.2) is 40.3 Å². The molecular weight excluding hydrogens is 398 g/mol. The Balaban J connectivity index is 2.47. The largest absolute Gasteiger partial charge is 0.293 e. The molecule has 1 atom stereocenters. The first kappa shape index (κ1) is 18.8. The van der Waals surface area contributed by atoms with Crippen molar-refractivity contribution in [2.24, 2.45) is 5.41 Å². The first-order valence-electron chi connectivity index (χ1n) is 7.31. The van der Waals surface area contributed by atoms with Crippen LogP contribution in [0.25, 0.3) is 0 Å². The van der Waals surface area contributed by atoms with Crippen LogP contribution in [0, 0.1) is 15.5 Å². The van der Waals surface area contributed by atoms with Gasteiger partial charge in [-0.25, -0.2) is 8.42 Å². The van der Waals surface area contributed by atoms with Gasteiger partial charge < -0.3 is 0 Å². The molecule has 0 amide bonds. The highest BCUT2D eigenvalue weighted by Gasteiger charge is 2.39. The molecule has 1 aliphatic rings. The number of nitro benzene ring substituents is 1. The molecule has 24 heavy (non-hydrogen) atoms. The second kappa shape index (κ2) is 6.40. The van der Waals surface area contributed by atoms with Crippen molar-refractivity contribution in [3.05, 3.63) is 45.5 Å². The first-order chi connectivity index (χ1) is 11.0. The van der Waals surface area contributed by atoms with Crippen LogP contribution in [-0.4, -0.2) is 29.7 Å². The third kappa shape index (κ3) is 3.59. The van der Waals surface area contributed by atoms with Crippen molar-refractivity contribution in [2.45, 2.75) is 36.9 Å². The fourth-order valence-electron chi connectivity index (χ4n) is 2.92. The molecule has 0 spiro atoms. The maximum Gasteiger partial charge on any atom is 0.270 e. The van der Waals surface area contributed by atoms with E-state index >= 15 is 0 Å². The normalized spacial score (nSPS) is 21.0. The average Bonchev–Trinajstić information content (AvgIpc) is 2.49. The standard InChI is InChI=1S/C16H18BrNO5S/c1-10-13(16(2,3)8-14(17)15(10)19)9-24(22,23)12-6-4-5-11(7-12)18(20)21/h4-7,14H,8-9H2,1-3H3. The number of non-ortho nitro benzene ring substituents is 1. The van der Waals surface area contributed by atoms with Crippen LogP contribution in [0.3, 0.4) is 0 Å². The third-order valence-corrected chi connectivity index (χ3v) is 6.72. The van der Waals surface area contributed by atoms with Gasteiger partial charge in [0.2, 0.25) is 0 Å². The summed E-state index contributed by atoms with van der Waals surface area (Å²) in [5.41, 5.74) is 0.276. The molecule has 1 aliphatic carbocycles. The van der Waals surface area contributed by atoms with Gasteiger partial charge in [0.1, 0.15) is 0 Å². The number of rotatable bonds is 4. The van der Waals surface area contributed by atoms with Crippen molar-refractivity contribution in [1.82, 2.24) is 0 Å². The number of hydrogen-bond acceptors (Lipinski definition) is 5. The van der Waals surface area contributed by atoms with Gasteiger partial charge in [-0.1, -0.05) is 35.8 Å². The summed E-state index contributed by atoms with van der Waals surface area (Å²) >= 11 is 3.34. The SMILES string of the molecule is CC1=C(CS(=O)(=O)c2cccc([N+](=O)[O-])c2)C(C)(C)CC(Br)C1=O. The van der Waals surface area contributed by atoms with Crippen molar-refractivity contribution in [1.29, 1.82) is 0 Å². The lowest BCUT2D eigenvalue weighted by Crippen LogP contribution is -2.35. The van der Waals surface area contributed by atoms with Crippen LogP contribution in [0.1, 0.15) is 27.2 Å². The summed E-state index contributed by atoms with van der Waals surface area (Å²) in [7, 11) is -3.79. The fraction of sp³-hybridized carbons (Fsp3) is 0.438. The topological polar surface area (TPSA) is 94.3 Å². The number of ketones is 1. The van der Waals surface area contributed by atoms with E-state index in [1.807, 2.05) is 13.8 Å². The number of benzene rings is 1. The number of nitro groups is 1. The summed E-state index contributed by atoms with van der Waals surface area (Å²) in [6, 6.07) is 4.98. The number of hydrogen-bond donors (Lipinski definition) is 0. The summed E-state index contributed by atoms with van der Waals surface area (Å²) < 4.78 is 25.4. The smallest absolute Gasteiger partial charge is 0.270 e. The molecule has 6 nitrogen and oxygen atoms in total. The minimum Gasteiger partial charge on any atom is -0.293 e. The first-order valence-corrected chi connectivity index (χ1v) is 9.88. The van der Waals surface area contributed by atoms with Crippen LogP contribution in [-0.2, 0) is 14.6 Å². The number of halogens is 1. The van der Waals surface area contributed by atoms with E-state index < -0.39 is 20.2 Å². The fourth-order valence-corrected chi connectivity index (χ4v) is 5.82. The van der Waals surface area contributed by atoms with Gasteiger partial charge in [-0.3, -0.25) is 14.9 Å². The minimum atomic E-state index is -3.79. The number of allylic oxidation sites excluding steroid dienone is 1. The Bertz CT molecular complexity index is 842. The third-order valence-electron chi connectivity index (χ3n) is 4.34. The summed E-state index contributed by atoms with van der Waals surface area (Å²) in [4.78, 5) is 22.0. The Kier molecular flexibility index (Phi) is 5.01. The van der Waals surface area contributed by atoms with Gasteiger partial charge in [-0.05, 0) is 36.0 Å². The van der Waals surface area contributed by atoms with Crippen molar-refractivity contribution in [2.75, 3.05) is 5.75 Å². The van der Waals surface area contributed by atoms with Crippen molar-refractivity contribution >= 4 is 37.2 Å². The maximum atomic E-state index is 12.7. The molecule has 0 aliphatic heterocycles. The van der Waals surface area contributed by atoms with Gasteiger partial charge in [0.05, 0.1) is 20.4 Å². The van der Waals surface area contributed by atoms with Crippen molar-refractivity contribution in [3.8, 4) is 0 Å². The molecule has 130 valence electrons. The Hall–Kier alpha value is -1.54. The molecule has 0 saturated heterocycles. The lowest BCUT2D eigenvalue weighted by atomic mass is 9.73. The zero-order valence-electron chi connectivity index (χ0n) is 13.6. The van der Waals surface area contributed by atoms with E-state index in [-0.39, 0.29) is 26.9 Å². The molecule has 0 radical (unpaired) electrons. The van der Waals surface area contributed by atoms with Gasteiger partial charge in [0.15, 0.2) is 15.6 Å². The lowest BCUT2D eigenvalue weighted by Gasteiger charge is -2.36. The molecule has 0 aromatic heterocycles. The van der Waals surface area contributed by atoms with E-state index in [9.17, 15) is 23.3 Å². The van der Waals surface area contributed by atoms with Crippen LogP contribution in [0.4, 0.5) is 5.69 Å². The molecule has 0 fully saturated rings. The number of nitrogens with zero attached hydrogens (tertiary/aromatic N) is 1. The highest BCUT2D eigenvalue weighted by atomic mass is 79.9. The van der Waals surface area contributed by atoms with Crippen LogP contribution >= 0.6 is 15.9 Å². The molecule has 0 N–H and O–H groups in total. The van der Waals surface area contributed by atoms with Crippen LogP contribution in [0.2, 0.25) is 0 Å². The highest BCUT2D eigenvalue weighted by molar-refractivity contribution is 9.10. The molecule has 1 aromatic carbocycles. The number of carbonyl (C=O) groups is 1. The van der Waals surface area contributed by atoms with Crippen LogP contribution in [0.5, 0.6) is 0 Å². The maximum absolute atomic E-state index is 12.7. The Labute approximate surface area is 149 Å². The van der Waals surface area contributed by atoms with Crippen molar-refractivity contribution in [3.63, 3.8) is 0 Å². The van der Waals surface area contributed by atoms with E-state index in [0.29, 0.717) is 17.6 Å². The number of carbonyl (C=O) groups excluding carboxylic acids is 1. The van der Waals surface area contributed by atoms with Gasteiger partial charge in [-0.15, -0.1) is 0 Å². The van der Waals surface area contributed by atoms with E-state index in [1.54, 1.807) is 6.92 Å². The summed E-state index contributed by atoms with van der Waals surface area (Å²) in [5, 5.41) is 10.9. The predicted octanol–water partition coefficient (Wildman–Crippen LogP) is 3.45. The van der Waals surface area contributed by atoms with E-state index in [1.165, 1.54) is 18.2 Å². The second-order valence-electron chi connectivity index (χ2n) is 6.54. The molecule has 0 heterocycles. The Morgan fingerprint density at radius 3 is 2.58 bits per heavy atom. The zero-order chi connectivity index (χ0) is 18.3. The molecule has 0 bridgehead atoms. The van der Waals surface area contributed by atoms with Gasteiger partial charge >= 0.3 is 0 Å². The number of alkyl halides is 1. The molecule has 1 unspecified atom stereocenters. The summed E-state index contributed by atoms with van der Waals surface area (Å²) in [6.45, 7) is 5.43. The lowest BCUT2D eigenvalue weighted by molar-refractivity contribution is -0.385. The monoisotopic (exact) mass is 415 g/mol. The molecule has 1 aromatic rings.